The van der Waals surface area contributed by atoms with Gasteiger partial charge in [0.1, 0.15) is 11.3 Å². The molecule has 0 aliphatic carbocycles. The molecule has 1 saturated heterocycles. The Balaban J connectivity index is 0.00000200. The topological polar surface area (TPSA) is 48.6 Å². The van der Waals surface area contributed by atoms with E-state index in [1.165, 1.54) is 33.4 Å². The zero-order valence-electron chi connectivity index (χ0n) is 22.0. The van der Waals surface area contributed by atoms with Gasteiger partial charge in [0.2, 0.25) is 0 Å². The second-order valence-corrected chi connectivity index (χ2v) is 9.72. The standard InChI is InChI=1S/C32H36N2O2.2ClH/c1-24-9-11-26(12-10-24)32(30(8-5-21-35)25-6-3-2-4-7-25)27-13-14-31-28(22-27)23-29(36-31)15-18-34-19-16-33-17-20-34;;/h2-4,6-7,9-14,22-23,33,35H,5,8,15-21H2,1H3;2*1H/b32-30-;;. The summed E-state index contributed by atoms with van der Waals surface area (Å²) in [6, 6.07) is 28.1. The predicted molar refractivity (Wildman–Crippen MR) is 164 cm³/mol. The third-order valence-electron chi connectivity index (χ3n) is 7.09. The highest BCUT2D eigenvalue weighted by Gasteiger charge is 2.16. The van der Waals surface area contributed by atoms with E-state index in [1.54, 1.807) is 0 Å². The second kappa shape index (κ2) is 14.5. The Kier molecular flexibility index (Phi) is 11.4. The molecule has 6 heteroatoms. The largest absolute Gasteiger partial charge is 0.461 e. The molecule has 1 aromatic heterocycles. The van der Waals surface area contributed by atoms with E-state index in [9.17, 15) is 5.11 Å². The van der Waals surface area contributed by atoms with Crippen LogP contribution in [0.5, 0.6) is 0 Å². The van der Waals surface area contributed by atoms with E-state index >= 15 is 0 Å². The van der Waals surface area contributed by atoms with Crippen LogP contribution in [0.4, 0.5) is 0 Å². The lowest BCUT2D eigenvalue weighted by Gasteiger charge is -2.26. The van der Waals surface area contributed by atoms with Crippen LogP contribution in [0.25, 0.3) is 22.1 Å². The van der Waals surface area contributed by atoms with E-state index in [-0.39, 0.29) is 31.4 Å². The maximum absolute atomic E-state index is 9.67. The molecule has 1 fully saturated rings. The molecular formula is C32H38Cl2N2O2. The van der Waals surface area contributed by atoms with Gasteiger partial charge >= 0.3 is 0 Å². The van der Waals surface area contributed by atoms with Gasteiger partial charge in [-0.25, -0.2) is 0 Å². The van der Waals surface area contributed by atoms with Crippen molar-refractivity contribution in [2.45, 2.75) is 26.2 Å². The van der Waals surface area contributed by atoms with Gasteiger partial charge in [-0.15, -0.1) is 24.8 Å². The number of furan rings is 1. The molecule has 1 aliphatic heterocycles. The number of aryl methyl sites for hydroxylation is 1. The van der Waals surface area contributed by atoms with Crippen molar-refractivity contribution in [1.29, 1.82) is 0 Å². The third-order valence-corrected chi connectivity index (χ3v) is 7.09. The molecule has 0 atom stereocenters. The SMILES string of the molecule is Cc1ccc(/C(=C(\CCCO)c2ccccc2)c2ccc3oc(CCN4CCNCC4)cc3c2)cc1.Cl.Cl. The number of rotatable bonds is 9. The molecule has 4 aromatic rings. The summed E-state index contributed by atoms with van der Waals surface area (Å²) in [5.41, 5.74) is 8.24. The summed E-state index contributed by atoms with van der Waals surface area (Å²) < 4.78 is 6.23. The van der Waals surface area contributed by atoms with Gasteiger partial charge < -0.3 is 19.7 Å². The van der Waals surface area contributed by atoms with Gasteiger partial charge in [-0.05, 0) is 65.8 Å². The Morgan fingerprint density at radius 3 is 2.29 bits per heavy atom. The first-order valence-electron chi connectivity index (χ1n) is 13.1. The molecule has 0 spiro atoms. The van der Waals surface area contributed by atoms with Crippen LogP contribution < -0.4 is 5.32 Å². The number of halogens is 2. The van der Waals surface area contributed by atoms with Crippen molar-refractivity contribution in [3.05, 3.63) is 107 Å². The number of nitrogens with zero attached hydrogens (tertiary/aromatic N) is 1. The highest BCUT2D eigenvalue weighted by atomic mass is 35.5. The molecule has 3 aromatic carbocycles. The van der Waals surface area contributed by atoms with Crippen LogP contribution in [-0.4, -0.2) is 49.3 Å². The highest BCUT2D eigenvalue weighted by Crippen LogP contribution is 2.37. The Morgan fingerprint density at radius 2 is 1.58 bits per heavy atom. The predicted octanol–water partition coefficient (Wildman–Crippen LogP) is 6.76. The number of benzene rings is 3. The number of aliphatic hydroxyl groups is 1. The first-order chi connectivity index (χ1) is 17.7. The molecule has 4 nitrogen and oxygen atoms in total. The van der Waals surface area contributed by atoms with Crippen molar-refractivity contribution in [2.24, 2.45) is 0 Å². The Labute approximate surface area is 238 Å². The molecule has 5 rings (SSSR count). The van der Waals surface area contributed by atoms with Gasteiger partial charge in [0.05, 0.1) is 0 Å². The fourth-order valence-electron chi connectivity index (χ4n) is 5.12. The smallest absolute Gasteiger partial charge is 0.134 e. The molecule has 0 unspecified atom stereocenters. The third kappa shape index (κ3) is 7.28. The molecule has 0 bridgehead atoms. The number of nitrogens with one attached hydrogen (secondary N) is 1. The van der Waals surface area contributed by atoms with Crippen molar-refractivity contribution >= 4 is 46.9 Å². The quantitative estimate of drug-likeness (QED) is 0.225. The molecule has 38 heavy (non-hydrogen) atoms. The normalized spacial score (nSPS) is 14.5. The van der Waals surface area contributed by atoms with Crippen molar-refractivity contribution < 1.29 is 9.52 Å². The van der Waals surface area contributed by atoms with E-state index in [0.717, 1.165) is 68.7 Å². The van der Waals surface area contributed by atoms with Gasteiger partial charge in [0.25, 0.3) is 0 Å². The maximum atomic E-state index is 9.67. The fourth-order valence-corrected chi connectivity index (χ4v) is 5.12. The highest BCUT2D eigenvalue weighted by molar-refractivity contribution is 6.00. The van der Waals surface area contributed by atoms with Crippen molar-refractivity contribution in [3.63, 3.8) is 0 Å². The van der Waals surface area contributed by atoms with Gasteiger partial charge in [-0.3, -0.25) is 0 Å². The summed E-state index contributed by atoms with van der Waals surface area (Å²) in [5.74, 6) is 1.05. The molecule has 2 heterocycles. The molecule has 202 valence electrons. The van der Waals surface area contributed by atoms with Gasteiger partial charge in [0.15, 0.2) is 0 Å². The summed E-state index contributed by atoms with van der Waals surface area (Å²) >= 11 is 0. The summed E-state index contributed by atoms with van der Waals surface area (Å²) in [4.78, 5) is 2.50. The lowest BCUT2D eigenvalue weighted by Crippen LogP contribution is -2.44. The molecular weight excluding hydrogens is 515 g/mol. The summed E-state index contributed by atoms with van der Waals surface area (Å²) in [7, 11) is 0. The molecule has 0 radical (unpaired) electrons. The minimum atomic E-state index is 0. The van der Waals surface area contributed by atoms with Crippen LogP contribution >= 0.6 is 24.8 Å². The van der Waals surface area contributed by atoms with E-state index in [0.29, 0.717) is 0 Å². The van der Waals surface area contributed by atoms with E-state index < -0.39 is 0 Å². The van der Waals surface area contributed by atoms with Gasteiger partial charge in [-0.2, -0.15) is 0 Å². The van der Waals surface area contributed by atoms with E-state index in [2.05, 4.69) is 96.0 Å². The summed E-state index contributed by atoms with van der Waals surface area (Å²) in [6.07, 6.45) is 2.46. The summed E-state index contributed by atoms with van der Waals surface area (Å²) in [6.45, 7) is 7.67. The molecule has 2 N–H and O–H groups in total. The first-order valence-corrected chi connectivity index (χ1v) is 13.1. The average molecular weight is 554 g/mol. The van der Waals surface area contributed by atoms with Crippen molar-refractivity contribution in [2.75, 3.05) is 39.3 Å². The van der Waals surface area contributed by atoms with Gasteiger partial charge in [-0.1, -0.05) is 66.2 Å². The monoisotopic (exact) mass is 552 g/mol. The van der Waals surface area contributed by atoms with Gasteiger partial charge in [0, 0.05) is 51.1 Å². The Morgan fingerprint density at radius 1 is 0.868 bits per heavy atom. The van der Waals surface area contributed by atoms with E-state index in [1.807, 2.05) is 0 Å². The Hall–Kier alpha value is -2.60. The van der Waals surface area contributed by atoms with Crippen molar-refractivity contribution in [3.8, 4) is 0 Å². The number of hydrogen-bond donors (Lipinski definition) is 2. The summed E-state index contributed by atoms with van der Waals surface area (Å²) in [5, 5.41) is 14.2. The van der Waals surface area contributed by atoms with Crippen LogP contribution in [0.1, 0.15) is 40.9 Å². The van der Waals surface area contributed by atoms with Crippen LogP contribution in [0.3, 0.4) is 0 Å². The minimum absolute atomic E-state index is 0. The minimum Gasteiger partial charge on any atom is -0.461 e. The number of aliphatic hydroxyl groups excluding tert-OH is 1. The number of hydrogen-bond acceptors (Lipinski definition) is 4. The lowest BCUT2D eigenvalue weighted by molar-refractivity contribution is 0.239. The second-order valence-electron chi connectivity index (χ2n) is 9.72. The molecule has 1 aliphatic rings. The van der Waals surface area contributed by atoms with Crippen LogP contribution in [0.2, 0.25) is 0 Å². The number of piperazine rings is 1. The van der Waals surface area contributed by atoms with Crippen molar-refractivity contribution in [1.82, 2.24) is 10.2 Å². The molecule has 0 amide bonds. The van der Waals surface area contributed by atoms with Crippen LogP contribution in [-0.2, 0) is 6.42 Å². The van der Waals surface area contributed by atoms with Crippen LogP contribution in [0, 0.1) is 6.92 Å². The van der Waals surface area contributed by atoms with Crippen LogP contribution in [0.15, 0.2) is 83.3 Å². The maximum Gasteiger partial charge on any atom is 0.134 e. The zero-order chi connectivity index (χ0) is 24.7. The Bertz CT molecular complexity index is 1310. The molecule has 0 saturated carbocycles. The lowest BCUT2D eigenvalue weighted by atomic mass is 9.86. The van der Waals surface area contributed by atoms with E-state index in [4.69, 9.17) is 4.42 Å². The number of allylic oxidation sites excluding steroid dienone is 1. The zero-order valence-corrected chi connectivity index (χ0v) is 23.6. The first kappa shape index (κ1) is 29.9. The number of fused-ring (bicyclic) bond motifs is 1. The fraction of sp³-hybridized carbons (Fsp3) is 0.312. The average Bonchev–Trinajstić information content (AvgIpc) is 3.34.